The van der Waals surface area contributed by atoms with Crippen LogP contribution in [0.15, 0.2) is 42.7 Å². The Morgan fingerprint density at radius 1 is 1.27 bits per heavy atom. The number of anilines is 1. The van der Waals surface area contributed by atoms with Gasteiger partial charge < -0.3 is 9.72 Å². The number of aromatic nitrogens is 2. The van der Waals surface area contributed by atoms with Crippen molar-refractivity contribution in [2.45, 2.75) is 13.3 Å². The molecule has 1 N–H and O–H groups in total. The van der Waals surface area contributed by atoms with E-state index in [0.717, 1.165) is 23.3 Å². The quantitative estimate of drug-likeness (QED) is 0.808. The summed E-state index contributed by atoms with van der Waals surface area (Å²) in [6, 6.07) is 7.06. The molecule has 1 amide bonds. The van der Waals surface area contributed by atoms with Crippen LogP contribution in [-0.4, -0.2) is 15.3 Å². The van der Waals surface area contributed by atoms with E-state index >= 15 is 0 Å². The molecular formula is C16H13F2N3O. The maximum atomic E-state index is 13.1. The number of fused-ring (bicyclic) bond motifs is 1. The van der Waals surface area contributed by atoms with E-state index in [0.29, 0.717) is 5.69 Å². The second-order valence-corrected chi connectivity index (χ2v) is 5.01. The minimum absolute atomic E-state index is 0.0557. The van der Waals surface area contributed by atoms with Gasteiger partial charge in [0.15, 0.2) is 11.6 Å². The molecule has 0 radical (unpaired) electrons. The van der Waals surface area contributed by atoms with Gasteiger partial charge in [0.05, 0.1) is 12.1 Å². The van der Waals surface area contributed by atoms with Crippen LogP contribution in [0.5, 0.6) is 0 Å². The monoisotopic (exact) mass is 301 g/mol. The Kier molecular flexibility index (Phi) is 3.58. The highest BCUT2D eigenvalue weighted by atomic mass is 19.2. The maximum absolute atomic E-state index is 13.1. The molecule has 22 heavy (non-hydrogen) atoms. The van der Waals surface area contributed by atoms with Crippen LogP contribution in [0, 0.1) is 18.6 Å². The van der Waals surface area contributed by atoms with E-state index in [9.17, 15) is 13.6 Å². The maximum Gasteiger partial charge on any atom is 0.230 e. The van der Waals surface area contributed by atoms with E-state index in [2.05, 4.69) is 10.3 Å². The number of carbonyl (C=O) groups excluding carboxylic acids is 1. The number of pyridine rings is 1. The topological polar surface area (TPSA) is 46.4 Å². The zero-order valence-corrected chi connectivity index (χ0v) is 11.8. The van der Waals surface area contributed by atoms with Gasteiger partial charge >= 0.3 is 0 Å². The van der Waals surface area contributed by atoms with Crippen molar-refractivity contribution in [1.82, 2.24) is 9.38 Å². The van der Waals surface area contributed by atoms with E-state index in [1.54, 1.807) is 6.20 Å². The van der Waals surface area contributed by atoms with Crippen molar-refractivity contribution in [3.8, 4) is 0 Å². The van der Waals surface area contributed by atoms with Crippen LogP contribution in [0.1, 0.15) is 11.3 Å². The van der Waals surface area contributed by atoms with Crippen molar-refractivity contribution < 1.29 is 13.6 Å². The number of halogens is 2. The number of hydrogen-bond donors (Lipinski definition) is 1. The molecule has 3 rings (SSSR count). The van der Waals surface area contributed by atoms with Gasteiger partial charge in [-0.15, -0.1) is 0 Å². The lowest BCUT2D eigenvalue weighted by molar-refractivity contribution is -0.115. The third kappa shape index (κ3) is 2.81. The molecule has 112 valence electrons. The highest BCUT2D eigenvalue weighted by Crippen LogP contribution is 2.14. The summed E-state index contributed by atoms with van der Waals surface area (Å²) in [4.78, 5) is 16.4. The Morgan fingerprint density at radius 3 is 2.82 bits per heavy atom. The molecule has 0 unspecified atom stereocenters. The second kappa shape index (κ2) is 5.55. The molecule has 3 aromatic rings. The van der Waals surface area contributed by atoms with Crippen LogP contribution in [0.2, 0.25) is 0 Å². The van der Waals surface area contributed by atoms with Crippen LogP contribution < -0.4 is 5.32 Å². The minimum Gasteiger partial charge on any atom is -0.326 e. The van der Waals surface area contributed by atoms with Crippen molar-refractivity contribution >= 4 is 17.2 Å². The Bertz CT molecular complexity index is 858. The zero-order chi connectivity index (χ0) is 15.7. The molecule has 0 saturated carbocycles. The average molecular weight is 301 g/mol. The first-order chi connectivity index (χ1) is 10.5. The third-order valence-electron chi connectivity index (χ3n) is 3.27. The van der Waals surface area contributed by atoms with Gasteiger partial charge in [0.2, 0.25) is 5.91 Å². The number of hydrogen-bond acceptors (Lipinski definition) is 2. The van der Waals surface area contributed by atoms with E-state index < -0.39 is 11.6 Å². The first-order valence-electron chi connectivity index (χ1n) is 6.71. The first-order valence-corrected chi connectivity index (χ1v) is 6.71. The van der Waals surface area contributed by atoms with Gasteiger partial charge in [0.25, 0.3) is 0 Å². The Balaban J connectivity index is 1.75. The highest BCUT2D eigenvalue weighted by Gasteiger charge is 2.10. The molecule has 6 heteroatoms. The molecule has 0 bridgehead atoms. The van der Waals surface area contributed by atoms with Crippen molar-refractivity contribution in [2.24, 2.45) is 0 Å². The van der Waals surface area contributed by atoms with E-state index in [-0.39, 0.29) is 18.0 Å². The summed E-state index contributed by atoms with van der Waals surface area (Å²) >= 11 is 0. The fourth-order valence-corrected chi connectivity index (χ4v) is 2.23. The van der Waals surface area contributed by atoms with Crippen molar-refractivity contribution in [2.75, 3.05) is 5.32 Å². The number of rotatable bonds is 3. The van der Waals surface area contributed by atoms with E-state index in [4.69, 9.17) is 0 Å². The number of benzene rings is 1. The Labute approximate surface area is 125 Å². The van der Waals surface area contributed by atoms with Crippen molar-refractivity contribution in [3.05, 3.63) is 65.6 Å². The zero-order valence-electron chi connectivity index (χ0n) is 11.8. The summed E-state index contributed by atoms with van der Waals surface area (Å²) in [6.45, 7) is 1.94. The van der Waals surface area contributed by atoms with Crippen molar-refractivity contribution in [1.29, 1.82) is 0 Å². The number of amides is 1. The summed E-state index contributed by atoms with van der Waals surface area (Å²) in [5.74, 6) is -2.29. The predicted octanol–water partition coefficient (Wildman–Crippen LogP) is 3.10. The summed E-state index contributed by atoms with van der Waals surface area (Å²) in [7, 11) is 0. The largest absolute Gasteiger partial charge is 0.326 e. The number of nitrogens with zero attached hydrogens (tertiary/aromatic N) is 2. The number of imidazole rings is 1. The lowest BCUT2D eigenvalue weighted by Gasteiger charge is -2.04. The van der Waals surface area contributed by atoms with Gasteiger partial charge in [-0.05, 0) is 30.7 Å². The molecule has 0 aliphatic rings. The molecule has 2 aromatic heterocycles. The van der Waals surface area contributed by atoms with Gasteiger partial charge in [0.1, 0.15) is 5.65 Å². The van der Waals surface area contributed by atoms with Crippen LogP contribution in [0.4, 0.5) is 14.5 Å². The summed E-state index contributed by atoms with van der Waals surface area (Å²) in [5.41, 5.74) is 2.62. The molecule has 0 fully saturated rings. The Hall–Kier alpha value is -2.76. The standard InChI is InChI=1S/C16H13F2N3O/c1-10-3-2-6-21-9-12(20-16(10)21)8-15(22)19-11-4-5-13(17)14(18)7-11/h2-7,9H,8H2,1H3,(H,19,22). The molecule has 0 aliphatic carbocycles. The summed E-state index contributed by atoms with van der Waals surface area (Å²) in [6.07, 6.45) is 3.68. The molecule has 4 nitrogen and oxygen atoms in total. The minimum atomic E-state index is -0.999. The van der Waals surface area contributed by atoms with Gasteiger partial charge in [-0.2, -0.15) is 0 Å². The number of aryl methyl sites for hydroxylation is 1. The van der Waals surface area contributed by atoms with Crippen LogP contribution in [-0.2, 0) is 11.2 Å². The van der Waals surface area contributed by atoms with Gasteiger partial charge in [-0.1, -0.05) is 6.07 Å². The number of carbonyl (C=O) groups is 1. The highest BCUT2D eigenvalue weighted by molar-refractivity contribution is 5.92. The molecule has 0 atom stereocenters. The summed E-state index contributed by atoms with van der Waals surface area (Å²) < 4.78 is 27.8. The summed E-state index contributed by atoms with van der Waals surface area (Å²) in [5, 5.41) is 2.52. The lowest BCUT2D eigenvalue weighted by atomic mass is 10.2. The fraction of sp³-hybridized carbons (Fsp3) is 0.125. The molecule has 0 saturated heterocycles. The lowest BCUT2D eigenvalue weighted by Crippen LogP contribution is -2.14. The van der Waals surface area contributed by atoms with Gasteiger partial charge in [0, 0.05) is 24.1 Å². The van der Waals surface area contributed by atoms with E-state index in [1.807, 2.05) is 29.7 Å². The van der Waals surface area contributed by atoms with Gasteiger partial charge in [-0.25, -0.2) is 13.8 Å². The van der Waals surface area contributed by atoms with Crippen LogP contribution >= 0.6 is 0 Å². The first kappa shape index (κ1) is 14.2. The van der Waals surface area contributed by atoms with Crippen LogP contribution in [0.3, 0.4) is 0 Å². The van der Waals surface area contributed by atoms with Crippen molar-refractivity contribution in [3.63, 3.8) is 0 Å². The SMILES string of the molecule is Cc1cccn2cc(CC(=O)Nc3ccc(F)c(F)c3)nc12. The molecular weight excluding hydrogens is 288 g/mol. The van der Waals surface area contributed by atoms with E-state index in [1.165, 1.54) is 6.07 Å². The van der Waals surface area contributed by atoms with Crippen LogP contribution in [0.25, 0.3) is 5.65 Å². The fourth-order valence-electron chi connectivity index (χ4n) is 2.23. The molecule has 2 heterocycles. The third-order valence-corrected chi connectivity index (χ3v) is 3.27. The predicted molar refractivity (Wildman–Crippen MR) is 78.6 cm³/mol. The molecule has 0 aliphatic heterocycles. The normalized spacial score (nSPS) is 10.9. The molecule has 1 aromatic carbocycles. The Morgan fingerprint density at radius 2 is 2.09 bits per heavy atom. The second-order valence-electron chi connectivity index (χ2n) is 5.01. The number of nitrogens with one attached hydrogen (secondary N) is 1. The smallest absolute Gasteiger partial charge is 0.230 e. The average Bonchev–Trinajstić information content (AvgIpc) is 2.87. The molecule has 0 spiro atoms. The van der Waals surface area contributed by atoms with Gasteiger partial charge in [-0.3, -0.25) is 4.79 Å².